The van der Waals surface area contributed by atoms with Crippen LogP contribution < -0.4 is 5.56 Å². The molecule has 0 saturated heterocycles. The number of pyridine rings is 1. The summed E-state index contributed by atoms with van der Waals surface area (Å²) in [5.41, 5.74) is 2.97. The van der Waals surface area contributed by atoms with Crippen LogP contribution in [0.1, 0.15) is 0 Å². The Morgan fingerprint density at radius 2 is 1.75 bits per heavy atom. The number of nitrogens with zero attached hydrogens (tertiary/aromatic N) is 1. The number of aromatic nitrogens is 1. The van der Waals surface area contributed by atoms with Crippen LogP contribution in [0.4, 0.5) is 5.69 Å². The fourth-order valence-electron chi connectivity index (χ4n) is 2.14. The van der Waals surface area contributed by atoms with Gasteiger partial charge >= 0.3 is 0 Å². The molecule has 3 nitrogen and oxygen atoms in total. The third-order valence-electron chi connectivity index (χ3n) is 3.15. The fourth-order valence-corrected chi connectivity index (χ4v) is 2.47. The molecule has 0 amide bonds. The number of benzene rings is 2. The molecule has 1 aromatic heterocycles. The Morgan fingerprint density at radius 3 is 2.45 bits per heavy atom. The van der Waals surface area contributed by atoms with Gasteiger partial charge in [0.15, 0.2) is 5.69 Å². The molecule has 3 rings (SSSR count). The molecule has 0 aliphatic rings. The molecule has 20 heavy (non-hydrogen) atoms. The van der Waals surface area contributed by atoms with Gasteiger partial charge in [-0.1, -0.05) is 41.9 Å². The summed E-state index contributed by atoms with van der Waals surface area (Å²) >= 11 is 6.42. The van der Waals surface area contributed by atoms with Crippen LogP contribution in [0.5, 0.6) is 0 Å². The first-order valence-electron chi connectivity index (χ1n) is 5.98. The second-order valence-electron chi connectivity index (χ2n) is 4.37. The van der Waals surface area contributed by atoms with Crippen molar-refractivity contribution in [3.05, 3.63) is 75.3 Å². The van der Waals surface area contributed by atoms with Gasteiger partial charge in [-0.05, 0) is 17.7 Å². The lowest BCUT2D eigenvalue weighted by Gasteiger charge is -2.08. The monoisotopic (exact) mass is 280 g/mol. The van der Waals surface area contributed by atoms with Crippen molar-refractivity contribution in [3.63, 3.8) is 0 Å². The van der Waals surface area contributed by atoms with Crippen molar-refractivity contribution in [3.8, 4) is 11.1 Å². The van der Waals surface area contributed by atoms with Crippen LogP contribution in [-0.4, -0.2) is 4.98 Å². The molecular formula is C16H9ClN2O. The second-order valence-corrected chi connectivity index (χ2v) is 4.75. The van der Waals surface area contributed by atoms with E-state index < -0.39 is 0 Å². The minimum Gasteiger partial charge on any atom is -0.322 e. The maximum absolute atomic E-state index is 11.3. The largest absolute Gasteiger partial charge is 0.322 e. The van der Waals surface area contributed by atoms with Gasteiger partial charge in [-0.15, -0.1) is 0 Å². The molecular weight excluding hydrogens is 272 g/mol. The number of halogens is 1. The van der Waals surface area contributed by atoms with Crippen LogP contribution in [0.2, 0.25) is 5.02 Å². The van der Waals surface area contributed by atoms with E-state index in [2.05, 4.69) is 9.83 Å². The van der Waals surface area contributed by atoms with Crippen LogP contribution in [0.25, 0.3) is 26.9 Å². The van der Waals surface area contributed by atoms with Gasteiger partial charge in [0.1, 0.15) is 0 Å². The van der Waals surface area contributed by atoms with Crippen LogP contribution in [0, 0.1) is 6.57 Å². The Balaban J connectivity index is 2.21. The number of hydrogen-bond donors (Lipinski definition) is 1. The number of H-pyrrole nitrogens is 1. The van der Waals surface area contributed by atoms with Gasteiger partial charge in [0.05, 0.1) is 11.6 Å². The van der Waals surface area contributed by atoms with Crippen molar-refractivity contribution in [2.75, 3.05) is 0 Å². The first-order chi connectivity index (χ1) is 9.69. The first-order valence-corrected chi connectivity index (χ1v) is 6.36. The molecule has 0 unspecified atom stereocenters. The Hall–Kier alpha value is -2.57. The molecule has 96 valence electrons. The number of aromatic amines is 1. The maximum atomic E-state index is 11.3. The van der Waals surface area contributed by atoms with Crippen LogP contribution in [0.3, 0.4) is 0 Å². The minimum atomic E-state index is -0.150. The van der Waals surface area contributed by atoms with E-state index in [0.717, 1.165) is 16.5 Å². The van der Waals surface area contributed by atoms with Crippen molar-refractivity contribution in [2.45, 2.75) is 0 Å². The highest BCUT2D eigenvalue weighted by atomic mass is 35.5. The average molecular weight is 281 g/mol. The van der Waals surface area contributed by atoms with Gasteiger partial charge in [0.25, 0.3) is 0 Å². The summed E-state index contributed by atoms with van der Waals surface area (Å²) in [6, 6.07) is 14.1. The third kappa shape index (κ3) is 2.07. The number of rotatable bonds is 1. The molecule has 0 bridgehead atoms. The molecule has 0 aliphatic carbocycles. The quantitative estimate of drug-likeness (QED) is 0.659. The van der Waals surface area contributed by atoms with E-state index in [1.165, 1.54) is 6.07 Å². The van der Waals surface area contributed by atoms with Gasteiger partial charge in [0, 0.05) is 22.5 Å². The molecule has 1 N–H and O–H groups in total. The topological polar surface area (TPSA) is 37.2 Å². The predicted molar refractivity (Wildman–Crippen MR) is 81.3 cm³/mol. The van der Waals surface area contributed by atoms with Crippen molar-refractivity contribution in [1.82, 2.24) is 4.98 Å². The second kappa shape index (κ2) is 4.84. The van der Waals surface area contributed by atoms with E-state index in [-0.39, 0.29) is 5.56 Å². The lowest BCUT2D eigenvalue weighted by atomic mass is 10.0. The van der Waals surface area contributed by atoms with Crippen LogP contribution >= 0.6 is 11.6 Å². The lowest BCUT2D eigenvalue weighted by Crippen LogP contribution is -2.02. The van der Waals surface area contributed by atoms with Gasteiger partial charge in [0.2, 0.25) is 5.56 Å². The molecule has 1 heterocycles. The SMILES string of the molecule is [C-]#[N+]c1ccc(-c2ccc3[nH]c(=O)ccc3c2Cl)cc1. The summed E-state index contributed by atoms with van der Waals surface area (Å²) in [6.45, 7) is 6.95. The van der Waals surface area contributed by atoms with E-state index >= 15 is 0 Å². The highest BCUT2D eigenvalue weighted by molar-refractivity contribution is 6.38. The number of hydrogen-bond acceptors (Lipinski definition) is 1. The zero-order valence-corrected chi connectivity index (χ0v) is 11.1. The zero-order valence-electron chi connectivity index (χ0n) is 10.4. The Kier molecular flexibility index (Phi) is 3.02. The summed E-state index contributed by atoms with van der Waals surface area (Å²) in [7, 11) is 0. The van der Waals surface area contributed by atoms with Crippen molar-refractivity contribution in [2.24, 2.45) is 0 Å². The molecule has 4 heteroatoms. The summed E-state index contributed by atoms with van der Waals surface area (Å²) in [5, 5.41) is 1.40. The lowest BCUT2D eigenvalue weighted by molar-refractivity contribution is 1.31. The average Bonchev–Trinajstić information content (AvgIpc) is 2.48. The molecule has 0 saturated carbocycles. The molecule has 0 radical (unpaired) electrons. The van der Waals surface area contributed by atoms with E-state index in [1.807, 2.05) is 24.3 Å². The van der Waals surface area contributed by atoms with Crippen molar-refractivity contribution in [1.29, 1.82) is 0 Å². The molecule has 3 aromatic rings. The van der Waals surface area contributed by atoms with E-state index in [4.69, 9.17) is 18.2 Å². The molecule has 0 fully saturated rings. The molecule has 2 aromatic carbocycles. The predicted octanol–water partition coefficient (Wildman–Crippen LogP) is 4.40. The van der Waals surface area contributed by atoms with Crippen LogP contribution in [-0.2, 0) is 0 Å². The minimum absolute atomic E-state index is 0.150. The molecule has 0 aliphatic heterocycles. The van der Waals surface area contributed by atoms with Crippen molar-refractivity contribution >= 4 is 28.2 Å². The Morgan fingerprint density at radius 1 is 1.00 bits per heavy atom. The highest BCUT2D eigenvalue weighted by Gasteiger charge is 2.08. The van der Waals surface area contributed by atoms with E-state index in [0.29, 0.717) is 16.2 Å². The Labute approximate surface area is 120 Å². The summed E-state index contributed by atoms with van der Waals surface area (Å²) in [6.07, 6.45) is 0. The normalized spacial score (nSPS) is 10.4. The van der Waals surface area contributed by atoms with E-state index in [9.17, 15) is 4.79 Å². The number of fused-ring (bicyclic) bond motifs is 1. The van der Waals surface area contributed by atoms with Gasteiger partial charge in [-0.2, -0.15) is 0 Å². The highest BCUT2D eigenvalue weighted by Crippen LogP contribution is 2.33. The summed E-state index contributed by atoms with van der Waals surface area (Å²) < 4.78 is 0. The van der Waals surface area contributed by atoms with Gasteiger partial charge in [-0.3, -0.25) is 4.79 Å². The number of nitrogens with one attached hydrogen (secondary N) is 1. The zero-order chi connectivity index (χ0) is 14.1. The first kappa shape index (κ1) is 12.5. The Bertz CT molecular complexity index is 889. The summed E-state index contributed by atoms with van der Waals surface area (Å²) in [4.78, 5) is 17.4. The molecule has 0 spiro atoms. The maximum Gasteiger partial charge on any atom is 0.248 e. The molecule has 0 atom stereocenters. The van der Waals surface area contributed by atoms with E-state index in [1.54, 1.807) is 18.2 Å². The van der Waals surface area contributed by atoms with Gasteiger partial charge in [-0.25, -0.2) is 4.85 Å². The third-order valence-corrected chi connectivity index (χ3v) is 3.55. The standard InChI is InChI=1S/C16H9ClN2O/c1-18-11-4-2-10(3-5-11)12-6-8-14-13(16(12)17)7-9-15(20)19-14/h2-9H,(H,19,20). The fraction of sp³-hybridized carbons (Fsp3) is 0. The van der Waals surface area contributed by atoms with Gasteiger partial charge < -0.3 is 4.98 Å². The van der Waals surface area contributed by atoms with Crippen LogP contribution in [0.15, 0.2) is 53.3 Å². The van der Waals surface area contributed by atoms with Crippen molar-refractivity contribution < 1.29 is 0 Å². The summed E-state index contributed by atoms with van der Waals surface area (Å²) in [5.74, 6) is 0. The smallest absolute Gasteiger partial charge is 0.248 e.